The summed E-state index contributed by atoms with van der Waals surface area (Å²) in [5, 5.41) is 8.64. The Labute approximate surface area is 207 Å². The van der Waals surface area contributed by atoms with Gasteiger partial charge in [0.2, 0.25) is 0 Å². The van der Waals surface area contributed by atoms with Crippen LogP contribution in [0, 0.1) is 0 Å². The number of hydrogen-bond donors (Lipinski definition) is 1. The first-order valence-electron chi connectivity index (χ1n) is 9.77. The summed E-state index contributed by atoms with van der Waals surface area (Å²) in [6.45, 7) is 2.00. The third-order valence-electron chi connectivity index (χ3n) is 4.44. The molecule has 0 atom stereocenters. The van der Waals surface area contributed by atoms with E-state index in [-0.39, 0.29) is 27.3 Å². The first kappa shape index (κ1) is 25.9. The molecule has 2 aromatic rings. The molecule has 1 fully saturated rings. The van der Waals surface area contributed by atoms with Crippen LogP contribution in [0.1, 0.15) is 24.5 Å². The number of thioether (sulfide) groups is 1. The number of thiocarbonyl (C=S) groups is 1. The fourth-order valence-electron chi connectivity index (χ4n) is 3.01. The van der Waals surface area contributed by atoms with Crippen LogP contribution in [0.5, 0.6) is 11.5 Å². The number of anilines is 1. The van der Waals surface area contributed by atoms with Gasteiger partial charge in [-0.15, -0.1) is 0 Å². The summed E-state index contributed by atoms with van der Waals surface area (Å²) in [5.41, 5.74) is -0.958. The highest BCUT2D eigenvalue weighted by Crippen LogP contribution is 2.43. The van der Waals surface area contributed by atoms with E-state index in [2.05, 4.69) is 0 Å². The number of halogens is 4. The summed E-state index contributed by atoms with van der Waals surface area (Å²) >= 11 is 11.8. The van der Waals surface area contributed by atoms with Crippen molar-refractivity contribution in [3.63, 3.8) is 0 Å². The second kappa shape index (κ2) is 10.7. The van der Waals surface area contributed by atoms with Crippen LogP contribution in [-0.4, -0.2) is 34.5 Å². The maximum atomic E-state index is 13.5. The molecule has 0 aromatic heterocycles. The Kier molecular flexibility index (Phi) is 8.11. The van der Waals surface area contributed by atoms with E-state index in [0.29, 0.717) is 23.7 Å². The van der Waals surface area contributed by atoms with Crippen molar-refractivity contribution in [2.24, 2.45) is 0 Å². The lowest BCUT2D eigenvalue weighted by molar-refractivity contribution is -0.138. The summed E-state index contributed by atoms with van der Waals surface area (Å²) in [7, 11) is 0. The molecule has 0 spiro atoms. The molecular formula is C22H17ClF3NO5S2. The fraction of sp³-hybridized carbons (Fsp3) is 0.227. The van der Waals surface area contributed by atoms with Gasteiger partial charge in [0.25, 0.3) is 5.91 Å². The molecule has 12 heteroatoms. The molecule has 1 aliphatic rings. The number of nitrogens with zero attached hydrogens (tertiary/aromatic N) is 1. The highest BCUT2D eigenvalue weighted by molar-refractivity contribution is 8.27. The second-order valence-corrected chi connectivity index (χ2v) is 8.92. The Balaban J connectivity index is 1.91. The predicted molar refractivity (Wildman–Crippen MR) is 127 cm³/mol. The van der Waals surface area contributed by atoms with E-state index in [9.17, 15) is 22.8 Å². The van der Waals surface area contributed by atoms with Gasteiger partial charge >= 0.3 is 12.1 Å². The maximum Gasteiger partial charge on any atom is 0.418 e. The fourth-order valence-corrected chi connectivity index (χ4v) is 4.46. The van der Waals surface area contributed by atoms with Gasteiger partial charge in [0.1, 0.15) is 0 Å². The van der Waals surface area contributed by atoms with Crippen LogP contribution < -0.4 is 14.4 Å². The molecule has 0 radical (unpaired) electrons. The van der Waals surface area contributed by atoms with Crippen molar-refractivity contribution in [2.75, 3.05) is 18.1 Å². The number of carboxylic acid groups (broad SMARTS) is 1. The van der Waals surface area contributed by atoms with Gasteiger partial charge in [0.05, 0.1) is 35.8 Å². The van der Waals surface area contributed by atoms with Gasteiger partial charge in [0, 0.05) is 5.02 Å². The minimum absolute atomic E-state index is 0.0530. The lowest BCUT2D eigenvalue weighted by atomic mass is 10.1. The lowest BCUT2D eigenvalue weighted by Crippen LogP contribution is -2.29. The number of ether oxygens (including phenoxy) is 2. The molecule has 1 saturated heterocycles. The molecule has 2 aromatic carbocycles. The molecule has 3 rings (SSSR count). The highest BCUT2D eigenvalue weighted by Gasteiger charge is 2.41. The molecule has 1 N–H and O–H groups in total. The summed E-state index contributed by atoms with van der Waals surface area (Å²) in [5.74, 6) is -1.06. The van der Waals surface area contributed by atoms with Crippen molar-refractivity contribution in [1.82, 2.24) is 0 Å². The minimum Gasteiger partial charge on any atom is -0.490 e. The molecule has 0 bridgehead atoms. The molecular weight excluding hydrogens is 515 g/mol. The quantitative estimate of drug-likeness (QED) is 0.330. The first-order valence-corrected chi connectivity index (χ1v) is 11.4. The van der Waals surface area contributed by atoms with Crippen LogP contribution in [0.3, 0.4) is 0 Å². The molecule has 1 amide bonds. The number of carbonyl (C=O) groups excluding carboxylic acids is 1. The molecule has 0 saturated carbocycles. The average Bonchev–Trinajstić information content (AvgIpc) is 3.02. The zero-order chi connectivity index (χ0) is 25.0. The van der Waals surface area contributed by atoms with Crippen LogP contribution >= 0.6 is 35.6 Å². The summed E-state index contributed by atoms with van der Waals surface area (Å²) < 4.78 is 51.6. The molecule has 34 heavy (non-hydrogen) atoms. The molecule has 1 aliphatic heterocycles. The Morgan fingerprint density at radius 1 is 1.21 bits per heavy atom. The van der Waals surface area contributed by atoms with Crippen molar-refractivity contribution in [3.8, 4) is 11.5 Å². The van der Waals surface area contributed by atoms with Crippen LogP contribution in [0.25, 0.3) is 6.08 Å². The van der Waals surface area contributed by atoms with Gasteiger partial charge in [-0.2, -0.15) is 13.2 Å². The normalized spacial score (nSPS) is 15.2. The van der Waals surface area contributed by atoms with Gasteiger partial charge in [-0.1, -0.05) is 41.6 Å². The number of alkyl halides is 3. The number of carboxylic acids is 1. The second-order valence-electron chi connectivity index (χ2n) is 6.81. The summed E-state index contributed by atoms with van der Waals surface area (Å²) in [6.07, 6.45) is -3.46. The van der Waals surface area contributed by atoms with E-state index < -0.39 is 29.3 Å². The van der Waals surface area contributed by atoms with E-state index in [4.69, 9.17) is 38.4 Å². The van der Waals surface area contributed by atoms with Crippen LogP contribution in [0.2, 0.25) is 5.02 Å². The Hall–Kier alpha value is -2.76. The summed E-state index contributed by atoms with van der Waals surface area (Å²) in [4.78, 5) is 24.6. The average molecular weight is 532 g/mol. The van der Waals surface area contributed by atoms with Gasteiger partial charge in [0.15, 0.2) is 15.8 Å². The van der Waals surface area contributed by atoms with Gasteiger partial charge in [-0.3, -0.25) is 14.5 Å². The Bertz CT molecular complexity index is 1170. The van der Waals surface area contributed by atoms with E-state index >= 15 is 0 Å². The van der Waals surface area contributed by atoms with Crippen molar-refractivity contribution in [3.05, 3.63) is 57.5 Å². The SMILES string of the molecule is CCOc1cc(/C=C2/SC(=S)N(c3ccc(Cl)cc3C(F)(F)F)C2=O)ccc1OCCC(=O)O. The molecule has 6 nitrogen and oxygen atoms in total. The number of hydrogen-bond acceptors (Lipinski definition) is 6. The van der Waals surface area contributed by atoms with Crippen molar-refractivity contribution < 1.29 is 37.3 Å². The van der Waals surface area contributed by atoms with Crippen LogP contribution in [-0.2, 0) is 15.8 Å². The zero-order valence-corrected chi connectivity index (χ0v) is 19.9. The van der Waals surface area contributed by atoms with E-state index in [0.717, 1.165) is 28.8 Å². The van der Waals surface area contributed by atoms with Crippen molar-refractivity contribution >= 4 is 63.5 Å². The third-order valence-corrected chi connectivity index (χ3v) is 5.97. The Morgan fingerprint density at radius 3 is 2.59 bits per heavy atom. The minimum atomic E-state index is -4.74. The number of benzene rings is 2. The first-order chi connectivity index (χ1) is 16.0. The van der Waals surface area contributed by atoms with Crippen molar-refractivity contribution in [2.45, 2.75) is 19.5 Å². The summed E-state index contributed by atoms with van der Waals surface area (Å²) in [6, 6.07) is 7.85. The zero-order valence-electron chi connectivity index (χ0n) is 17.5. The topological polar surface area (TPSA) is 76.1 Å². The monoisotopic (exact) mass is 531 g/mol. The third kappa shape index (κ3) is 6.02. The van der Waals surface area contributed by atoms with E-state index in [1.54, 1.807) is 25.1 Å². The van der Waals surface area contributed by atoms with Crippen molar-refractivity contribution in [1.29, 1.82) is 0 Å². The van der Waals surface area contributed by atoms with Gasteiger partial charge in [-0.25, -0.2) is 0 Å². The smallest absolute Gasteiger partial charge is 0.418 e. The van der Waals surface area contributed by atoms with Crippen LogP contribution in [0.4, 0.5) is 18.9 Å². The molecule has 180 valence electrons. The van der Waals surface area contributed by atoms with E-state index in [1.807, 2.05) is 0 Å². The number of carbonyl (C=O) groups is 2. The highest BCUT2D eigenvalue weighted by atomic mass is 35.5. The van der Waals surface area contributed by atoms with Gasteiger partial charge < -0.3 is 14.6 Å². The number of rotatable bonds is 8. The molecule has 1 heterocycles. The number of aliphatic carboxylic acids is 1. The molecule has 0 unspecified atom stereocenters. The standard InChI is InChI=1S/C22H17ClF3NO5S2/c1-2-31-17-9-12(3-6-16(17)32-8-7-19(28)29)10-18-20(30)27(21(33)34-18)15-5-4-13(23)11-14(15)22(24,25)26/h3-6,9-11H,2,7-8H2,1H3,(H,28,29)/b18-10+. The van der Waals surface area contributed by atoms with Crippen LogP contribution in [0.15, 0.2) is 41.3 Å². The molecule has 0 aliphatic carbocycles. The Morgan fingerprint density at radius 2 is 1.94 bits per heavy atom. The van der Waals surface area contributed by atoms with Gasteiger partial charge in [-0.05, 0) is 48.9 Å². The maximum absolute atomic E-state index is 13.5. The number of amides is 1. The largest absolute Gasteiger partial charge is 0.490 e. The predicted octanol–water partition coefficient (Wildman–Crippen LogP) is 6.02. The van der Waals surface area contributed by atoms with E-state index in [1.165, 1.54) is 12.1 Å². The lowest BCUT2D eigenvalue weighted by Gasteiger charge is -2.20.